The molecule has 0 fully saturated rings. The summed E-state index contributed by atoms with van der Waals surface area (Å²) in [6.45, 7) is 0.0837. The Morgan fingerprint density at radius 1 is 1.04 bits per heavy atom. The minimum atomic E-state index is -0.472. The maximum absolute atomic E-state index is 11.9. The molecule has 26 heavy (non-hydrogen) atoms. The maximum atomic E-state index is 11.9. The van der Waals surface area contributed by atoms with E-state index in [0.717, 1.165) is 16.8 Å². The number of carbonyl (C=O) groups is 2. The summed E-state index contributed by atoms with van der Waals surface area (Å²) < 4.78 is 10.2. The Hall–Kier alpha value is -3.02. The Bertz CT molecular complexity index is 742. The van der Waals surface area contributed by atoms with Gasteiger partial charge < -0.3 is 19.7 Å². The molecule has 1 N–H and O–H groups in total. The van der Waals surface area contributed by atoms with E-state index in [2.05, 4.69) is 5.32 Å². The van der Waals surface area contributed by atoms with Gasteiger partial charge in [-0.15, -0.1) is 0 Å². The summed E-state index contributed by atoms with van der Waals surface area (Å²) in [5.41, 5.74) is 2.79. The molecule has 0 aromatic heterocycles. The predicted octanol–water partition coefficient (Wildman–Crippen LogP) is 2.16. The summed E-state index contributed by atoms with van der Waals surface area (Å²) in [5, 5.41) is 2.73. The minimum Gasteiger partial charge on any atom is -0.496 e. The highest BCUT2D eigenvalue weighted by Crippen LogP contribution is 2.18. The fraction of sp³-hybridized carbons (Fsp3) is 0.300. The summed E-state index contributed by atoms with van der Waals surface area (Å²) >= 11 is 0. The van der Waals surface area contributed by atoms with E-state index >= 15 is 0 Å². The number of benzene rings is 2. The minimum absolute atomic E-state index is 0.0588. The topological polar surface area (TPSA) is 67.9 Å². The number of ether oxygens (including phenoxy) is 2. The lowest BCUT2D eigenvalue weighted by Crippen LogP contribution is -2.28. The van der Waals surface area contributed by atoms with Crippen molar-refractivity contribution in [1.29, 1.82) is 0 Å². The third-order valence-corrected chi connectivity index (χ3v) is 3.83. The van der Waals surface area contributed by atoms with Crippen molar-refractivity contribution >= 4 is 17.6 Å². The molecule has 2 rings (SSSR count). The van der Waals surface area contributed by atoms with E-state index in [1.165, 1.54) is 0 Å². The number of para-hydroxylation sites is 1. The molecular weight excluding hydrogens is 332 g/mol. The second-order valence-electron chi connectivity index (χ2n) is 5.99. The molecule has 6 heteroatoms. The van der Waals surface area contributed by atoms with E-state index in [0.29, 0.717) is 12.3 Å². The molecule has 0 radical (unpaired) electrons. The number of anilines is 1. The summed E-state index contributed by atoms with van der Waals surface area (Å²) in [6, 6.07) is 15.1. The quantitative estimate of drug-likeness (QED) is 0.734. The lowest BCUT2D eigenvalue weighted by atomic mass is 10.1. The molecule has 0 heterocycles. The molecule has 0 saturated heterocycles. The Morgan fingerprint density at radius 2 is 1.73 bits per heavy atom. The fourth-order valence-electron chi connectivity index (χ4n) is 2.37. The van der Waals surface area contributed by atoms with Crippen molar-refractivity contribution in [2.45, 2.75) is 13.0 Å². The van der Waals surface area contributed by atoms with Gasteiger partial charge in [0.15, 0.2) is 6.61 Å². The Labute approximate surface area is 153 Å². The van der Waals surface area contributed by atoms with Crippen LogP contribution in [0.3, 0.4) is 0 Å². The molecule has 2 aromatic carbocycles. The van der Waals surface area contributed by atoms with Gasteiger partial charge in [-0.05, 0) is 23.8 Å². The second-order valence-corrected chi connectivity index (χ2v) is 5.99. The van der Waals surface area contributed by atoms with Crippen LogP contribution >= 0.6 is 0 Å². The average Bonchev–Trinajstić information content (AvgIpc) is 2.65. The van der Waals surface area contributed by atoms with Crippen LogP contribution in [0.1, 0.15) is 11.1 Å². The molecule has 0 unspecified atom stereocenters. The van der Waals surface area contributed by atoms with Crippen LogP contribution in [0, 0.1) is 0 Å². The number of nitrogens with zero attached hydrogens (tertiary/aromatic N) is 1. The first-order valence-corrected chi connectivity index (χ1v) is 8.30. The van der Waals surface area contributed by atoms with Gasteiger partial charge in [-0.2, -0.15) is 0 Å². The first-order chi connectivity index (χ1) is 12.5. The second kappa shape index (κ2) is 9.46. The first-order valence-electron chi connectivity index (χ1n) is 8.30. The first kappa shape index (κ1) is 19.3. The zero-order valence-electron chi connectivity index (χ0n) is 15.3. The average molecular weight is 356 g/mol. The van der Waals surface area contributed by atoms with Gasteiger partial charge in [-0.3, -0.25) is 9.59 Å². The van der Waals surface area contributed by atoms with Crippen molar-refractivity contribution in [3.8, 4) is 5.75 Å². The van der Waals surface area contributed by atoms with Crippen molar-refractivity contribution in [2.75, 3.05) is 32.7 Å². The summed E-state index contributed by atoms with van der Waals surface area (Å²) in [5.74, 6) is -0.190. The van der Waals surface area contributed by atoms with Crippen LogP contribution in [0.2, 0.25) is 0 Å². The number of carbonyl (C=O) groups excluding carboxylic acids is 2. The molecule has 0 aliphatic heterocycles. The number of nitrogens with one attached hydrogen (secondary N) is 1. The molecule has 0 aliphatic carbocycles. The molecule has 0 saturated carbocycles. The number of methoxy groups -OCH3 is 1. The van der Waals surface area contributed by atoms with Crippen molar-refractivity contribution in [3.63, 3.8) is 0 Å². The van der Waals surface area contributed by atoms with Crippen LogP contribution in [0.15, 0.2) is 48.5 Å². The van der Waals surface area contributed by atoms with Crippen LogP contribution in [-0.4, -0.2) is 39.7 Å². The number of hydrogen-bond donors (Lipinski definition) is 1. The van der Waals surface area contributed by atoms with Gasteiger partial charge in [-0.1, -0.05) is 30.3 Å². The molecule has 0 aliphatic rings. The van der Waals surface area contributed by atoms with Crippen LogP contribution < -0.4 is 15.0 Å². The van der Waals surface area contributed by atoms with Crippen molar-refractivity contribution in [1.82, 2.24) is 5.32 Å². The monoisotopic (exact) mass is 356 g/mol. The zero-order valence-corrected chi connectivity index (χ0v) is 15.3. The molecule has 1 amide bonds. The van der Waals surface area contributed by atoms with Gasteiger partial charge in [-0.25, -0.2) is 0 Å². The van der Waals surface area contributed by atoms with Crippen LogP contribution in [0.25, 0.3) is 0 Å². The van der Waals surface area contributed by atoms with Crippen molar-refractivity contribution < 1.29 is 19.1 Å². The zero-order chi connectivity index (χ0) is 18.9. The number of hydrogen-bond acceptors (Lipinski definition) is 5. The summed E-state index contributed by atoms with van der Waals surface area (Å²) in [6.07, 6.45) is 0.0588. The highest BCUT2D eigenvalue weighted by molar-refractivity contribution is 5.81. The van der Waals surface area contributed by atoms with Crippen LogP contribution in [0.4, 0.5) is 5.69 Å². The van der Waals surface area contributed by atoms with Gasteiger partial charge >= 0.3 is 5.97 Å². The van der Waals surface area contributed by atoms with Crippen molar-refractivity contribution in [2.24, 2.45) is 0 Å². The van der Waals surface area contributed by atoms with Crippen molar-refractivity contribution in [3.05, 3.63) is 59.7 Å². The largest absolute Gasteiger partial charge is 0.496 e. The van der Waals surface area contributed by atoms with Gasteiger partial charge in [0.2, 0.25) is 0 Å². The standard InChI is InChI=1S/C20H24N2O4/c1-22(2)17-10-8-15(9-11-17)13-21-19(23)14-26-20(24)12-16-6-4-5-7-18(16)25-3/h4-11H,12-14H2,1-3H3,(H,21,23). The van der Waals surface area contributed by atoms with Gasteiger partial charge in [0.05, 0.1) is 13.5 Å². The third kappa shape index (κ3) is 5.81. The van der Waals surface area contributed by atoms with Gasteiger partial charge in [0, 0.05) is 31.9 Å². The van der Waals surface area contributed by atoms with E-state index in [1.807, 2.05) is 55.4 Å². The van der Waals surface area contributed by atoms with E-state index in [4.69, 9.17) is 9.47 Å². The highest BCUT2D eigenvalue weighted by Gasteiger charge is 2.11. The summed E-state index contributed by atoms with van der Waals surface area (Å²) in [4.78, 5) is 25.8. The third-order valence-electron chi connectivity index (χ3n) is 3.83. The van der Waals surface area contributed by atoms with E-state index in [-0.39, 0.29) is 18.9 Å². The smallest absolute Gasteiger partial charge is 0.310 e. The maximum Gasteiger partial charge on any atom is 0.310 e. The Kier molecular flexibility index (Phi) is 7.02. The van der Waals surface area contributed by atoms with Crippen LogP contribution in [-0.2, 0) is 27.3 Å². The molecule has 0 bridgehead atoms. The molecule has 2 aromatic rings. The predicted molar refractivity (Wildman–Crippen MR) is 100 cm³/mol. The SMILES string of the molecule is COc1ccccc1CC(=O)OCC(=O)NCc1ccc(N(C)C)cc1. The number of amides is 1. The highest BCUT2D eigenvalue weighted by atomic mass is 16.5. The van der Waals surface area contributed by atoms with Crippen LogP contribution in [0.5, 0.6) is 5.75 Å². The lowest BCUT2D eigenvalue weighted by molar-refractivity contribution is -0.147. The normalized spacial score (nSPS) is 10.1. The van der Waals surface area contributed by atoms with Gasteiger partial charge in [0.25, 0.3) is 5.91 Å². The molecule has 0 atom stereocenters. The lowest BCUT2D eigenvalue weighted by Gasteiger charge is -2.13. The Morgan fingerprint density at radius 3 is 2.38 bits per heavy atom. The molecular formula is C20H24N2O4. The molecule has 0 spiro atoms. The summed E-state index contributed by atoms with van der Waals surface area (Å²) in [7, 11) is 5.48. The number of esters is 1. The molecule has 6 nitrogen and oxygen atoms in total. The molecule has 138 valence electrons. The number of rotatable bonds is 8. The van der Waals surface area contributed by atoms with E-state index in [1.54, 1.807) is 19.2 Å². The fourth-order valence-corrected chi connectivity index (χ4v) is 2.37. The van der Waals surface area contributed by atoms with E-state index in [9.17, 15) is 9.59 Å². The van der Waals surface area contributed by atoms with Gasteiger partial charge in [0.1, 0.15) is 5.75 Å². The Balaban J connectivity index is 1.75. The van der Waals surface area contributed by atoms with E-state index < -0.39 is 5.97 Å².